The Bertz CT molecular complexity index is 660. The molecule has 0 fully saturated rings. The molecular formula is C16H15ClFNO2. The van der Waals surface area contributed by atoms with Gasteiger partial charge in [-0.25, -0.2) is 4.39 Å². The number of amides is 1. The van der Waals surface area contributed by atoms with Crippen LogP contribution in [0.3, 0.4) is 0 Å². The summed E-state index contributed by atoms with van der Waals surface area (Å²) in [6.07, 6.45) is -0.727. The monoisotopic (exact) mass is 307 g/mol. The van der Waals surface area contributed by atoms with E-state index in [-0.39, 0.29) is 11.7 Å². The van der Waals surface area contributed by atoms with Crippen molar-refractivity contribution in [2.75, 3.05) is 5.32 Å². The number of ether oxygens (including phenoxy) is 1. The van der Waals surface area contributed by atoms with Gasteiger partial charge in [-0.3, -0.25) is 4.79 Å². The Hall–Kier alpha value is -2.07. The van der Waals surface area contributed by atoms with Crippen LogP contribution in [0.4, 0.5) is 10.1 Å². The number of aryl methyl sites for hydroxylation is 1. The smallest absolute Gasteiger partial charge is 0.265 e. The highest BCUT2D eigenvalue weighted by Crippen LogP contribution is 2.24. The molecule has 0 aliphatic rings. The van der Waals surface area contributed by atoms with E-state index in [2.05, 4.69) is 5.32 Å². The van der Waals surface area contributed by atoms with E-state index in [0.29, 0.717) is 22.0 Å². The highest BCUT2D eigenvalue weighted by molar-refractivity contribution is 6.32. The predicted octanol–water partition coefficient (Wildman–Crippen LogP) is 4.19. The summed E-state index contributed by atoms with van der Waals surface area (Å²) >= 11 is 5.98. The molecule has 0 aromatic heterocycles. The van der Waals surface area contributed by atoms with Crippen LogP contribution in [-0.2, 0) is 4.79 Å². The first kappa shape index (κ1) is 15.3. The topological polar surface area (TPSA) is 38.3 Å². The van der Waals surface area contributed by atoms with E-state index >= 15 is 0 Å². The molecule has 0 aliphatic heterocycles. The number of nitrogens with one attached hydrogen (secondary N) is 1. The van der Waals surface area contributed by atoms with Gasteiger partial charge in [0.05, 0.1) is 5.02 Å². The van der Waals surface area contributed by atoms with E-state index in [0.717, 1.165) is 0 Å². The second-order valence-electron chi connectivity index (χ2n) is 4.64. The van der Waals surface area contributed by atoms with Crippen LogP contribution >= 0.6 is 11.6 Å². The molecule has 21 heavy (non-hydrogen) atoms. The molecule has 1 unspecified atom stereocenters. The quantitative estimate of drug-likeness (QED) is 0.919. The van der Waals surface area contributed by atoms with Gasteiger partial charge in [0, 0.05) is 5.69 Å². The Morgan fingerprint density at radius 2 is 2.00 bits per heavy atom. The summed E-state index contributed by atoms with van der Waals surface area (Å²) in [5, 5.41) is 3.14. The van der Waals surface area contributed by atoms with E-state index in [1.54, 1.807) is 38.1 Å². The van der Waals surface area contributed by atoms with Crippen molar-refractivity contribution in [2.24, 2.45) is 0 Å². The van der Waals surface area contributed by atoms with Gasteiger partial charge in [-0.2, -0.15) is 0 Å². The van der Waals surface area contributed by atoms with Crippen LogP contribution in [0.2, 0.25) is 5.02 Å². The van der Waals surface area contributed by atoms with Gasteiger partial charge < -0.3 is 10.1 Å². The first-order valence-corrected chi connectivity index (χ1v) is 6.83. The zero-order valence-corrected chi connectivity index (χ0v) is 12.4. The summed E-state index contributed by atoms with van der Waals surface area (Å²) in [5.74, 6) is -0.229. The third-order valence-electron chi connectivity index (χ3n) is 2.96. The molecule has 0 bridgehead atoms. The van der Waals surface area contributed by atoms with E-state index in [9.17, 15) is 9.18 Å². The van der Waals surface area contributed by atoms with Crippen LogP contribution in [-0.4, -0.2) is 12.0 Å². The molecule has 1 atom stereocenters. The summed E-state index contributed by atoms with van der Waals surface area (Å²) in [6.45, 7) is 3.34. The summed E-state index contributed by atoms with van der Waals surface area (Å²) in [5.41, 5.74) is 1.20. The lowest BCUT2D eigenvalue weighted by Crippen LogP contribution is -2.30. The average molecular weight is 308 g/mol. The lowest BCUT2D eigenvalue weighted by molar-refractivity contribution is -0.122. The molecule has 0 saturated heterocycles. The number of hydrogen-bond acceptors (Lipinski definition) is 2. The van der Waals surface area contributed by atoms with Crippen LogP contribution in [0.1, 0.15) is 12.5 Å². The molecule has 1 amide bonds. The van der Waals surface area contributed by atoms with Gasteiger partial charge in [0.1, 0.15) is 11.6 Å². The molecule has 3 nitrogen and oxygen atoms in total. The van der Waals surface area contributed by atoms with Crippen molar-refractivity contribution in [3.63, 3.8) is 0 Å². The Morgan fingerprint density at radius 3 is 2.67 bits per heavy atom. The summed E-state index contributed by atoms with van der Waals surface area (Å²) in [7, 11) is 0. The molecular weight excluding hydrogens is 293 g/mol. The fourth-order valence-corrected chi connectivity index (χ4v) is 1.97. The number of hydrogen-bond donors (Lipinski definition) is 1. The highest BCUT2D eigenvalue weighted by atomic mass is 35.5. The van der Waals surface area contributed by atoms with Crippen molar-refractivity contribution in [3.05, 3.63) is 58.9 Å². The predicted molar refractivity (Wildman–Crippen MR) is 81.3 cm³/mol. The lowest BCUT2D eigenvalue weighted by Gasteiger charge is -2.16. The molecule has 0 radical (unpaired) electrons. The van der Waals surface area contributed by atoms with Crippen molar-refractivity contribution in [3.8, 4) is 5.75 Å². The average Bonchev–Trinajstić information content (AvgIpc) is 2.44. The number of anilines is 1. The lowest BCUT2D eigenvalue weighted by atomic mass is 10.2. The standard InChI is InChI=1S/C16H15ClFNO2/c1-10-9-12(18)7-8-14(10)19-16(20)11(2)21-15-6-4-3-5-13(15)17/h3-9,11H,1-2H3,(H,19,20). The van der Waals surface area contributed by atoms with Gasteiger partial charge in [-0.15, -0.1) is 0 Å². The summed E-state index contributed by atoms with van der Waals surface area (Å²) in [4.78, 5) is 12.1. The number of carbonyl (C=O) groups is 1. The van der Waals surface area contributed by atoms with Crippen LogP contribution in [0.5, 0.6) is 5.75 Å². The highest BCUT2D eigenvalue weighted by Gasteiger charge is 2.16. The first-order valence-electron chi connectivity index (χ1n) is 6.45. The molecule has 110 valence electrons. The van der Waals surface area contributed by atoms with Crippen LogP contribution in [0.25, 0.3) is 0 Å². The summed E-state index contributed by atoms with van der Waals surface area (Å²) in [6, 6.07) is 11.1. The van der Waals surface area contributed by atoms with Gasteiger partial charge >= 0.3 is 0 Å². The Balaban J connectivity index is 2.04. The second-order valence-corrected chi connectivity index (χ2v) is 5.05. The third-order valence-corrected chi connectivity index (χ3v) is 3.27. The fourth-order valence-electron chi connectivity index (χ4n) is 1.79. The van der Waals surface area contributed by atoms with Gasteiger partial charge in [-0.1, -0.05) is 23.7 Å². The van der Waals surface area contributed by atoms with E-state index in [1.807, 2.05) is 0 Å². The number of benzene rings is 2. The molecule has 0 aliphatic carbocycles. The maximum Gasteiger partial charge on any atom is 0.265 e. The Kier molecular flexibility index (Phi) is 4.81. The molecule has 2 rings (SSSR count). The maximum atomic E-state index is 13.0. The molecule has 0 heterocycles. The van der Waals surface area contributed by atoms with Crippen LogP contribution < -0.4 is 10.1 Å². The number of halogens is 2. The van der Waals surface area contributed by atoms with Crippen LogP contribution in [0.15, 0.2) is 42.5 Å². The SMILES string of the molecule is Cc1cc(F)ccc1NC(=O)C(C)Oc1ccccc1Cl. The zero-order valence-electron chi connectivity index (χ0n) is 11.7. The number of para-hydroxylation sites is 1. The van der Waals surface area contributed by atoms with Gasteiger partial charge in [0.25, 0.3) is 5.91 Å². The fraction of sp³-hybridized carbons (Fsp3) is 0.188. The largest absolute Gasteiger partial charge is 0.479 e. The zero-order chi connectivity index (χ0) is 15.4. The Morgan fingerprint density at radius 1 is 1.29 bits per heavy atom. The molecule has 0 saturated carbocycles. The minimum absolute atomic E-state index is 0.329. The molecule has 2 aromatic rings. The van der Waals surface area contributed by atoms with Crippen molar-refractivity contribution >= 4 is 23.2 Å². The summed E-state index contributed by atoms with van der Waals surface area (Å²) < 4.78 is 18.5. The Labute approximate surface area is 127 Å². The molecule has 1 N–H and O–H groups in total. The van der Waals surface area contributed by atoms with E-state index in [1.165, 1.54) is 18.2 Å². The van der Waals surface area contributed by atoms with Crippen molar-refractivity contribution in [1.29, 1.82) is 0 Å². The molecule has 2 aromatic carbocycles. The van der Waals surface area contributed by atoms with Crippen LogP contribution in [0, 0.1) is 12.7 Å². The third kappa shape index (κ3) is 3.95. The van der Waals surface area contributed by atoms with Crippen molar-refractivity contribution in [1.82, 2.24) is 0 Å². The normalized spacial score (nSPS) is 11.8. The van der Waals surface area contributed by atoms with Gasteiger partial charge in [0.2, 0.25) is 0 Å². The number of rotatable bonds is 4. The van der Waals surface area contributed by atoms with E-state index < -0.39 is 6.10 Å². The minimum Gasteiger partial charge on any atom is -0.479 e. The van der Waals surface area contributed by atoms with Gasteiger partial charge in [0.15, 0.2) is 6.10 Å². The number of carbonyl (C=O) groups excluding carboxylic acids is 1. The minimum atomic E-state index is -0.727. The van der Waals surface area contributed by atoms with Crippen molar-refractivity contribution < 1.29 is 13.9 Å². The second kappa shape index (κ2) is 6.59. The maximum absolute atomic E-state index is 13.0. The van der Waals surface area contributed by atoms with Gasteiger partial charge in [-0.05, 0) is 49.7 Å². The molecule has 5 heteroatoms. The first-order chi connectivity index (χ1) is 9.97. The molecule has 0 spiro atoms. The van der Waals surface area contributed by atoms with Crippen molar-refractivity contribution in [2.45, 2.75) is 20.0 Å². The van der Waals surface area contributed by atoms with E-state index in [4.69, 9.17) is 16.3 Å².